The van der Waals surface area contributed by atoms with Gasteiger partial charge >= 0.3 is 0 Å². The maximum absolute atomic E-state index is 11.6. The number of thiocarbonyl (C=S) groups is 1. The van der Waals surface area contributed by atoms with Crippen LogP contribution in [-0.2, 0) is 4.79 Å². The van der Waals surface area contributed by atoms with Crippen molar-refractivity contribution in [1.82, 2.24) is 5.32 Å². The predicted molar refractivity (Wildman–Crippen MR) is 92.7 cm³/mol. The zero-order valence-corrected chi connectivity index (χ0v) is 13.4. The van der Waals surface area contributed by atoms with Crippen LogP contribution in [0.15, 0.2) is 41.3 Å². The van der Waals surface area contributed by atoms with Crippen molar-refractivity contribution < 1.29 is 9.72 Å². The molecule has 0 bridgehead atoms. The minimum absolute atomic E-state index is 0.0573. The Labute approximate surface area is 139 Å². The first-order valence-electron chi connectivity index (χ1n) is 6.12. The second-order valence-corrected chi connectivity index (χ2v) is 7.20. The van der Waals surface area contributed by atoms with Crippen molar-refractivity contribution in [2.75, 3.05) is 0 Å². The van der Waals surface area contributed by atoms with E-state index in [1.165, 1.54) is 35.2 Å². The second kappa shape index (κ2) is 5.99. The molecule has 0 saturated carbocycles. The van der Waals surface area contributed by atoms with E-state index in [0.717, 1.165) is 15.3 Å². The minimum Gasteiger partial charge on any atom is -0.307 e. The molecule has 22 heavy (non-hydrogen) atoms. The minimum atomic E-state index is -0.416. The second-order valence-electron chi connectivity index (χ2n) is 4.36. The van der Waals surface area contributed by atoms with E-state index >= 15 is 0 Å². The van der Waals surface area contributed by atoms with Gasteiger partial charge in [0.05, 0.1) is 9.83 Å². The van der Waals surface area contributed by atoms with Gasteiger partial charge in [0.1, 0.15) is 4.32 Å². The van der Waals surface area contributed by atoms with Crippen molar-refractivity contribution >= 4 is 57.3 Å². The van der Waals surface area contributed by atoms with Crippen molar-refractivity contribution in [3.8, 4) is 10.4 Å². The molecule has 0 unspecified atom stereocenters. The summed E-state index contributed by atoms with van der Waals surface area (Å²) in [5.41, 5.74) is 0.838. The van der Waals surface area contributed by atoms with Crippen LogP contribution in [0.3, 0.4) is 0 Å². The molecule has 1 saturated heterocycles. The Balaban J connectivity index is 1.90. The van der Waals surface area contributed by atoms with Crippen LogP contribution in [0.4, 0.5) is 5.69 Å². The molecule has 8 heteroatoms. The van der Waals surface area contributed by atoms with Crippen LogP contribution in [0, 0.1) is 10.1 Å². The molecule has 1 aliphatic heterocycles. The fraction of sp³-hybridized carbons (Fsp3) is 0. The summed E-state index contributed by atoms with van der Waals surface area (Å²) in [6.07, 6.45) is 1.77. The normalized spacial score (nSPS) is 16.1. The third-order valence-electron chi connectivity index (χ3n) is 2.88. The largest absolute Gasteiger partial charge is 0.307 e. The van der Waals surface area contributed by atoms with Gasteiger partial charge in [-0.05, 0) is 23.8 Å². The van der Waals surface area contributed by atoms with E-state index in [4.69, 9.17) is 12.2 Å². The van der Waals surface area contributed by atoms with E-state index in [1.54, 1.807) is 12.1 Å². The van der Waals surface area contributed by atoms with Crippen molar-refractivity contribution in [1.29, 1.82) is 0 Å². The summed E-state index contributed by atoms with van der Waals surface area (Å²) in [6.45, 7) is 0. The van der Waals surface area contributed by atoms with E-state index in [0.29, 0.717) is 9.23 Å². The number of nitrogens with zero attached hydrogens (tertiary/aromatic N) is 1. The molecule has 5 nitrogen and oxygen atoms in total. The fourth-order valence-electron chi connectivity index (χ4n) is 1.91. The molecule has 0 radical (unpaired) electrons. The molecular weight excluding hydrogens is 340 g/mol. The van der Waals surface area contributed by atoms with Gasteiger partial charge in [-0.15, -0.1) is 11.3 Å². The smallest absolute Gasteiger partial charge is 0.270 e. The highest BCUT2D eigenvalue weighted by Gasteiger charge is 2.22. The zero-order chi connectivity index (χ0) is 15.7. The molecule has 1 N–H and O–H groups in total. The van der Waals surface area contributed by atoms with E-state index in [9.17, 15) is 14.9 Å². The molecule has 0 spiro atoms. The third kappa shape index (κ3) is 3.08. The molecule has 0 aliphatic carbocycles. The fourth-order valence-corrected chi connectivity index (χ4v) is 3.97. The Bertz CT molecular complexity index is 826. The summed E-state index contributed by atoms with van der Waals surface area (Å²) < 4.78 is 0.451. The predicted octanol–water partition coefficient (Wildman–Crippen LogP) is 3.81. The number of nitro benzene ring substituents is 1. The van der Waals surface area contributed by atoms with E-state index in [2.05, 4.69) is 5.32 Å². The molecule has 2 heterocycles. The third-order valence-corrected chi connectivity index (χ3v) is 5.13. The summed E-state index contributed by atoms with van der Waals surface area (Å²) in [5.74, 6) is -0.194. The van der Waals surface area contributed by atoms with Gasteiger partial charge < -0.3 is 5.32 Å². The van der Waals surface area contributed by atoms with Crippen LogP contribution < -0.4 is 5.32 Å². The number of non-ortho nitro benzene ring substituents is 1. The monoisotopic (exact) mass is 348 g/mol. The highest BCUT2D eigenvalue weighted by molar-refractivity contribution is 8.26. The number of hydrogen-bond acceptors (Lipinski definition) is 6. The number of carbonyl (C=O) groups excluding carboxylic acids is 1. The van der Waals surface area contributed by atoms with Crippen LogP contribution >= 0.6 is 35.3 Å². The first-order valence-corrected chi connectivity index (χ1v) is 8.16. The number of thioether (sulfide) groups is 1. The number of thiophene rings is 1. The zero-order valence-electron chi connectivity index (χ0n) is 10.9. The number of amides is 1. The quantitative estimate of drug-likeness (QED) is 0.395. The topological polar surface area (TPSA) is 72.2 Å². The summed E-state index contributed by atoms with van der Waals surface area (Å²) >= 11 is 7.63. The van der Waals surface area contributed by atoms with Crippen LogP contribution in [0.25, 0.3) is 16.5 Å². The Hall–Kier alpha value is -2.03. The lowest BCUT2D eigenvalue weighted by atomic mass is 10.2. The Morgan fingerprint density at radius 1 is 1.27 bits per heavy atom. The van der Waals surface area contributed by atoms with Gasteiger partial charge in [-0.3, -0.25) is 14.9 Å². The van der Waals surface area contributed by atoms with Gasteiger partial charge in [0.15, 0.2) is 0 Å². The first-order chi connectivity index (χ1) is 10.5. The Morgan fingerprint density at radius 2 is 2.09 bits per heavy atom. The lowest BCUT2D eigenvalue weighted by Crippen LogP contribution is -2.17. The van der Waals surface area contributed by atoms with Crippen molar-refractivity contribution in [3.63, 3.8) is 0 Å². The van der Waals surface area contributed by atoms with Gasteiger partial charge in [0.25, 0.3) is 11.6 Å². The number of hydrogen-bond donors (Lipinski definition) is 1. The molecule has 1 fully saturated rings. The average molecular weight is 348 g/mol. The summed E-state index contributed by atoms with van der Waals surface area (Å²) in [5, 5.41) is 13.4. The summed E-state index contributed by atoms with van der Waals surface area (Å²) in [4.78, 5) is 24.4. The standard InChI is InChI=1S/C14H8N2O3S3/c17-13-12(22-14(20)15-13)7-10-4-5-11(21-10)8-2-1-3-9(6-8)16(18)19/h1-7H,(H,15,17,20)/b12-7-. The number of benzene rings is 1. The highest BCUT2D eigenvalue weighted by atomic mass is 32.2. The van der Waals surface area contributed by atoms with Gasteiger partial charge in [0.2, 0.25) is 0 Å². The molecular formula is C14H8N2O3S3. The van der Waals surface area contributed by atoms with E-state index in [1.807, 2.05) is 18.2 Å². The SMILES string of the molecule is O=C1NC(=S)S/C1=C\c1ccc(-c2cccc([N+](=O)[O-])c2)s1. The lowest BCUT2D eigenvalue weighted by Gasteiger charge is -1.97. The molecule has 1 aromatic carbocycles. The molecule has 1 aromatic heterocycles. The Kier molecular flexibility index (Phi) is 4.06. The first kappa shape index (κ1) is 14.9. The van der Waals surface area contributed by atoms with Crippen LogP contribution in [0.2, 0.25) is 0 Å². The maximum atomic E-state index is 11.6. The van der Waals surface area contributed by atoms with Gasteiger partial charge in [-0.25, -0.2) is 0 Å². The van der Waals surface area contributed by atoms with Crippen molar-refractivity contribution in [2.45, 2.75) is 0 Å². The molecule has 110 valence electrons. The van der Waals surface area contributed by atoms with E-state index < -0.39 is 4.92 Å². The number of rotatable bonds is 3. The van der Waals surface area contributed by atoms with Gasteiger partial charge in [0, 0.05) is 21.9 Å². The molecule has 3 rings (SSSR count). The van der Waals surface area contributed by atoms with E-state index in [-0.39, 0.29) is 11.6 Å². The lowest BCUT2D eigenvalue weighted by molar-refractivity contribution is -0.384. The van der Waals surface area contributed by atoms with Crippen LogP contribution in [0.1, 0.15) is 4.88 Å². The molecule has 0 atom stereocenters. The number of carbonyl (C=O) groups is 1. The average Bonchev–Trinajstić information content (AvgIpc) is 3.06. The summed E-state index contributed by atoms with van der Waals surface area (Å²) in [7, 11) is 0. The Morgan fingerprint density at radius 3 is 2.77 bits per heavy atom. The molecule has 1 aliphatic rings. The molecule has 1 amide bonds. The van der Waals surface area contributed by atoms with Crippen LogP contribution in [0.5, 0.6) is 0 Å². The highest BCUT2D eigenvalue weighted by Crippen LogP contribution is 2.33. The van der Waals surface area contributed by atoms with Crippen molar-refractivity contribution in [2.24, 2.45) is 0 Å². The van der Waals surface area contributed by atoms with Gasteiger partial charge in [-0.2, -0.15) is 0 Å². The summed E-state index contributed by atoms with van der Waals surface area (Å²) in [6, 6.07) is 10.2. The molecule has 2 aromatic rings. The van der Waals surface area contributed by atoms with Gasteiger partial charge in [-0.1, -0.05) is 36.1 Å². The number of nitrogens with one attached hydrogen (secondary N) is 1. The van der Waals surface area contributed by atoms with Crippen LogP contribution in [-0.4, -0.2) is 15.2 Å². The maximum Gasteiger partial charge on any atom is 0.270 e. The van der Waals surface area contributed by atoms with Crippen molar-refractivity contribution in [3.05, 3.63) is 56.3 Å². The number of nitro groups is 1.